The molecule has 176 valence electrons. The summed E-state index contributed by atoms with van der Waals surface area (Å²) in [5.74, 6) is -0.0891. The number of carbonyl (C=O) groups excluding carboxylic acids is 3. The summed E-state index contributed by atoms with van der Waals surface area (Å²) in [6.45, 7) is 1.73. The molecule has 0 bridgehead atoms. The normalized spacial score (nSPS) is 12.1. The second-order valence-electron chi connectivity index (χ2n) is 7.61. The molecule has 1 aromatic heterocycles. The molecule has 3 aromatic rings. The third kappa shape index (κ3) is 9.14. The lowest BCUT2D eigenvalue weighted by Gasteiger charge is -2.00. The second-order valence-corrected chi connectivity index (χ2v) is 7.61. The molecule has 0 unspecified atom stereocenters. The molecular weight excluding hydrogens is 420 g/mol. The zero-order valence-corrected chi connectivity index (χ0v) is 19.2. The van der Waals surface area contributed by atoms with E-state index in [1.807, 2.05) is 36.4 Å². The average Bonchev–Trinajstić information content (AvgIpc) is 3.52. The number of amides is 3. The third-order valence-corrected chi connectivity index (χ3v) is 4.91. The predicted molar refractivity (Wildman–Crippen MR) is 128 cm³/mol. The number of para-hydroxylation sites is 2. The van der Waals surface area contributed by atoms with Gasteiger partial charge in [-0.05, 0) is 36.4 Å². The first-order valence-electron chi connectivity index (χ1n) is 11.1. The number of fused-ring (bicyclic) bond motifs is 1. The molecule has 1 saturated carbocycles. The molecule has 0 radical (unpaired) electrons. The number of hydrogen-bond acceptors (Lipinski definition) is 5. The van der Waals surface area contributed by atoms with Gasteiger partial charge < -0.3 is 20.8 Å². The molecular formula is C25H32N4O4. The predicted octanol–water partition coefficient (Wildman–Crippen LogP) is 3.80. The van der Waals surface area contributed by atoms with E-state index in [4.69, 9.17) is 10.2 Å². The third-order valence-electron chi connectivity index (χ3n) is 4.91. The van der Waals surface area contributed by atoms with Crippen LogP contribution >= 0.6 is 0 Å². The van der Waals surface area contributed by atoms with Crippen LogP contribution in [0.4, 0.5) is 0 Å². The maximum Gasteiger partial charge on any atom is 0.251 e. The summed E-state index contributed by atoms with van der Waals surface area (Å²) in [5.41, 5.74) is 7.84. The van der Waals surface area contributed by atoms with Gasteiger partial charge >= 0.3 is 0 Å². The highest BCUT2D eigenvalue weighted by atomic mass is 16.3. The Bertz CT molecular complexity index is 985. The minimum Gasteiger partial charge on any atom is -0.436 e. The highest BCUT2D eigenvalue weighted by Crippen LogP contribution is 2.24. The molecule has 2 aromatic carbocycles. The van der Waals surface area contributed by atoms with E-state index in [1.165, 1.54) is 39.0 Å². The van der Waals surface area contributed by atoms with Crippen LogP contribution < -0.4 is 16.4 Å². The van der Waals surface area contributed by atoms with Crippen molar-refractivity contribution in [3.63, 3.8) is 0 Å². The van der Waals surface area contributed by atoms with Gasteiger partial charge in [0.2, 0.25) is 17.7 Å². The van der Waals surface area contributed by atoms with Gasteiger partial charge in [-0.3, -0.25) is 14.4 Å². The van der Waals surface area contributed by atoms with Gasteiger partial charge in [0.05, 0.1) is 0 Å². The summed E-state index contributed by atoms with van der Waals surface area (Å²) < 4.78 is 5.67. The fourth-order valence-corrected chi connectivity index (χ4v) is 3.15. The summed E-state index contributed by atoms with van der Waals surface area (Å²) >= 11 is 0. The van der Waals surface area contributed by atoms with E-state index in [-0.39, 0.29) is 18.2 Å². The van der Waals surface area contributed by atoms with Gasteiger partial charge in [0.25, 0.3) is 5.91 Å². The number of oxazole rings is 1. The first-order chi connectivity index (χ1) is 15.9. The quantitative estimate of drug-likeness (QED) is 0.542. The summed E-state index contributed by atoms with van der Waals surface area (Å²) in [5, 5.41) is 5.02. The van der Waals surface area contributed by atoms with E-state index in [9.17, 15) is 14.4 Å². The van der Waals surface area contributed by atoms with Crippen molar-refractivity contribution >= 4 is 28.8 Å². The standard InChI is InChI=1S/C15H12N2O2.C5H10N2O2.C5H10/c1-16-14(18)10-6-8-11(9-7-10)15-17-12-4-2-3-5-13(12)19-15;1-4(8)7-3-2-5(6)9;1-2-4-5-3-1/h2-9H,1H3,(H,16,18);2-3H2,1H3,(H2,6,9)(H,7,8);1-5H2. The van der Waals surface area contributed by atoms with Gasteiger partial charge in [-0.1, -0.05) is 44.2 Å². The Kier molecular flexibility index (Phi) is 10.6. The zero-order chi connectivity index (χ0) is 24.1. The minimum atomic E-state index is -0.399. The van der Waals surface area contributed by atoms with Crippen molar-refractivity contribution in [3.05, 3.63) is 54.1 Å². The van der Waals surface area contributed by atoms with Crippen LogP contribution in [-0.2, 0) is 9.59 Å². The van der Waals surface area contributed by atoms with E-state index >= 15 is 0 Å². The van der Waals surface area contributed by atoms with Gasteiger partial charge in [0.15, 0.2) is 5.58 Å². The van der Waals surface area contributed by atoms with Crippen LogP contribution in [0, 0.1) is 0 Å². The maximum absolute atomic E-state index is 11.5. The van der Waals surface area contributed by atoms with Crippen molar-refractivity contribution in [2.75, 3.05) is 13.6 Å². The maximum atomic E-state index is 11.5. The topological polar surface area (TPSA) is 127 Å². The molecule has 1 fully saturated rings. The number of nitrogens with one attached hydrogen (secondary N) is 2. The van der Waals surface area contributed by atoms with Crippen LogP contribution in [0.5, 0.6) is 0 Å². The van der Waals surface area contributed by atoms with E-state index in [2.05, 4.69) is 15.6 Å². The summed E-state index contributed by atoms with van der Waals surface area (Å²) in [7, 11) is 1.61. The van der Waals surface area contributed by atoms with Gasteiger partial charge in [-0.2, -0.15) is 0 Å². The van der Waals surface area contributed by atoms with E-state index in [0.29, 0.717) is 18.0 Å². The number of nitrogens with two attached hydrogens (primary N) is 1. The molecule has 0 saturated heterocycles. The van der Waals surface area contributed by atoms with Crippen molar-refractivity contribution < 1.29 is 18.8 Å². The summed E-state index contributed by atoms with van der Waals surface area (Å²) in [6, 6.07) is 14.8. The second kappa shape index (κ2) is 13.7. The first kappa shape index (κ1) is 25.6. The molecule has 0 atom stereocenters. The van der Waals surface area contributed by atoms with Gasteiger partial charge in [0.1, 0.15) is 5.52 Å². The molecule has 0 aliphatic heterocycles. The fraction of sp³-hybridized carbons (Fsp3) is 0.360. The van der Waals surface area contributed by atoms with Crippen LogP contribution in [0.1, 0.15) is 55.8 Å². The van der Waals surface area contributed by atoms with Crippen molar-refractivity contribution in [3.8, 4) is 11.5 Å². The van der Waals surface area contributed by atoms with Gasteiger partial charge in [-0.15, -0.1) is 0 Å². The van der Waals surface area contributed by atoms with Gasteiger partial charge in [-0.25, -0.2) is 4.98 Å². The average molecular weight is 453 g/mol. The zero-order valence-electron chi connectivity index (χ0n) is 19.2. The lowest BCUT2D eigenvalue weighted by Crippen LogP contribution is -2.25. The van der Waals surface area contributed by atoms with Gasteiger partial charge in [0, 0.05) is 38.1 Å². The Morgan fingerprint density at radius 3 is 2.09 bits per heavy atom. The highest BCUT2D eigenvalue weighted by Gasteiger charge is 2.09. The number of aromatic nitrogens is 1. The number of primary amides is 1. The van der Waals surface area contributed by atoms with Crippen molar-refractivity contribution in [1.29, 1.82) is 0 Å². The molecule has 4 N–H and O–H groups in total. The lowest BCUT2D eigenvalue weighted by atomic mass is 10.1. The van der Waals surface area contributed by atoms with Crippen LogP contribution in [-0.4, -0.2) is 36.3 Å². The van der Waals surface area contributed by atoms with Crippen LogP contribution in [0.15, 0.2) is 52.9 Å². The number of nitrogens with zero attached hydrogens (tertiary/aromatic N) is 1. The molecule has 1 aliphatic carbocycles. The van der Waals surface area contributed by atoms with Crippen LogP contribution in [0.3, 0.4) is 0 Å². The Morgan fingerprint density at radius 2 is 1.58 bits per heavy atom. The van der Waals surface area contributed by atoms with Crippen molar-refractivity contribution in [2.24, 2.45) is 5.73 Å². The molecule has 1 heterocycles. The van der Waals surface area contributed by atoms with Crippen molar-refractivity contribution in [1.82, 2.24) is 15.6 Å². The number of carbonyl (C=O) groups is 3. The fourth-order valence-electron chi connectivity index (χ4n) is 3.15. The highest BCUT2D eigenvalue weighted by molar-refractivity contribution is 5.94. The smallest absolute Gasteiger partial charge is 0.251 e. The molecule has 3 amide bonds. The van der Waals surface area contributed by atoms with E-state index < -0.39 is 5.91 Å². The Balaban J connectivity index is 0.000000228. The van der Waals surface area contributed by atoms with Crippen LogP contribution in [0.2, 0.25) is 0 Å². The first-order valence-corrected chi connectivity index (χ1v) is 11.1. The molecule has 0 spiro atoms. The van der Waals surface area contributed by atoms with Crippen LogP contribution in [0.25, 0.3) is 22.6 Å². The molecule has 8 heteroatoms. The lowest BCUT2D eigenvalue weighted by molar-refractivity contribution is -0.119. The Labute approximate surface area is 193 Å². The number of hydrogen-bond donors (Lipinski definition) is 3. The largest absolute Gasteiger partial charge is 0.436 e. The van der Waals surface area contributed by atoms with E-state index in [1.54, 1.807) is 19.2 Å². The summed E-state index contributed by atoms with van der Waals surface area (Å²) in [4.78, 5) is 36.1. The molecule has 1 aliphatic rings. The number of rotatable bonds is 5. The minimum absolute atomic E-state index is 0.107. The molecule has 8 nitrogen and oxygen atoms in total. The van der Waals surface area contributed by atoms with Crippen molar-refractivity contribution in [2.45, 2.75) is 45.4 Å². The Hall–Kier alpha value is -3.68. The Morgan fingerprint density at radius 1 is 0.970 bits per heavy atom. The summed E-state index contributed by atoms with van der Waals surface area (Å²) in [6.07, 6.45) is 7.71. The monoisotopic (exact) mass is 452 g/mol. The molecule has 4 rings (SSSR count). The number of benzene rings is 2. The SMILES string of the molecule is C1CCCC1.CC(=O)NCCC(N)=O.CNC(=O)c1ccc(-c2nc3ccccc3o2)cc1. The van der Waals surface area contributed by atoms with E-state index in [0.717, 1.165) is 16.7 Å². The molecule has 33 heavy (non-hydrogen) atoms.